The van der Waals surface area contributed by atoms with Crippen LogP contribution in [0.1, 0.15) is 12.0 Å². The SMILES string of the molecule is COC(=O)N1CC2(C1)N=C(c1ccc(-c3ccc4occc4c3)cc1)N(C[C@@H]1CCN(C=O)C1)C2=O. The molecule has 1 atom stereocenters. The Labute approximate surface area is 207 Å². The summed E-state index contributed by atoms with van der Waals surface area (Å²) < 4.78 is 10.3. The van der Waals surface area contributed by atoms with E-state index in [0.29, 0.717) is 25.5 Å². The highest BCUT2D eigenvalue weighted by molar-refractivity contribution is 6.16. The molecule has 6 rings (SSSR count). The molecule has 0 N–H and O–H groups in total. The van der Waals surface area contributed by atoms with Crippen LogP contribution in [0.25, 0.3) is 22.1 Å². The van der Waals surface area contributed by atoms with Gasteiger partial charge in [0.15, 0.2) is 5.54 Å². The van der Waals surface area contributed by atoms with Crippen molar-refractivity contribution >= 4 is 35.2 Å². The third-order valence-electron chi connectivity index (χ3n) is 7.39. The van der Waals surface area contributed by atoms with Gasteiger partial charge in [-0.2, -0.15) is 0 Å². The van der Waals surface area contributed by atoms with E-state index < -0.39 is 11.6 Å². The number of amides is 3. The average Bonchev–Trinajstić information content (AvgIpc) is 3.61. The van der Waals surface area contributed by atoms with Crippen molar-refractivity contribution in [2.45, 2.75) is 12.0 Å². The van der Waals surface area contributed by atoms with Crippen LogP contribution < -0.4 is 0 Å². The van der Waals surface area contributed by atoms with E-state index in [-0.39, 0.29) is 24.9 Å². The topological polar surface area (TPSA) is 95.7 Å². The van der Waals surface area contributed by atoms with Gasteiger partial charge in [0, 0.05) is 30.6 Å². The van der Waals surface area contributed by atoms with Gasteiger partial charge in [0.25, 0.3) is 5.91 Å². The third-order valence-corrected chi connectivity index (χ3v) is 7.39. The van der Waals surface area contributed by atoms with Crippen LogP contribution in [-0.4, -0.2) is 84.3 Å². The van der Waals surface area contributed by atoms with Crippen LogP contribution in [-0.2, 0) is 14.3 Å². The molecule has 3 aliphatic heterocycles. The molecule has 2 fully saturated rings. The summed E-state index contributed by atoms with van der Waals surface area (Å²) in [7, 11) is 1.33. The second kappa shape index (κ2) is 8.51. The number of hydrogen-bond acceptors (Lipinski definition) is 6. The van der Waals surface area contributed by atoms with Crippen molar-refractivity contribution in [3.05, 3.63) is 60.4 Å². The van der Waals surface area contributed by atoms with Gasteiger partial charge in [0.2, 0.25) is 6.41 Å². The highest BCUT2D eigenvalue weighted by Gasteiger charge is 2.58. The van der Waals surface area contributed by atoms with E-state index in [1.165, 1.54) is 12.0 Å². The Morgan fingerprint density at radius 1 is 1.14 bits per heavy atom. The quantitative estimate of drug-likeness (QED) is 0.517. The van der Waals surface area contributed by atoms with Crippen molar-refractivity contribution in [3.8, 4) is 11.1 Å². The molecular formula is C27H26N4O5. The van der Waals surface area contributed by atoms with Crippen molar-refractivity contribution in [2.24, 2.45) is 10.9 Å². The number of fused-ring (bicyclic) bond motifs is 1. The highest BCUT2D eigenvalue weighted by atomic mass is 16.5. The zero-order chi connectivity index (χ0) is 24.9. The first-order valence-corrected chi connectivity index (χ1v) is 12.0. The van der Waals surface area contributed by atoms with E-state index in [4.69, 9.17) is 14.1 Å². The van der Waals surface area contributed by atoms with E-state index in [0.717, 1.165) is 40.5 Å². The van der Waals surface area contributed by atoms with Crippen LogP contribution in [0.15, 0.2) is 64.2 Å². The number of aliphatic imine (C=N–C) groups is 1. The molecule has 3 amide bonds. The minimum Gasteiger partial charge on any atom is -0.464 e. The maximum atomic E-state index is 13.6. The van der Waals surface area contributed by atoms with E-state index in [9.17, 15) is 14.4 Å². The maximum absolute atomic E-state index is 13.6. The first kappa shape index (κ1) is 22.3. The zero-order valence-electron chi connectivity index (χ0n) is 19.9. The van der Waals surface area contributed by atoms with E-state index in [1.807, 2.05) is 42.5 Å². The summed E-state index contributed by atoms with van der Waals surface area (Å²) in [5.74, 6) is 0.694. The van der Waals surface area contributed by atoms with E-state index in [1.54, 1.807) is 16.1 Å². The number of ether oxygens (including phenoxy) is 1. The van der Waals surface area contributed by atoms with Gasteiger partial charge in [-0.05, 0) is 41.7 Å². The predicted molar refractivity (Wildman–Crippen MR) is 132 cm³/mol. The van der Waals surface area contributed by atoms with Gasteiger partial charge in [-0.25, -0.2) is 9.79 Å². The summed E-state index contributed by atoms with van der Waals surface area (Å²) in [5.41, 5.74) is 2.83. The number of carbonyl (C=O) groups is 3. The van der Waals surface area contributed by atoms with Crippen molar-refractivity contribution in [1.29, 1.82) is 0 Å². The fraction of sp³-hybridized carbons (Fsp3) is 0.333. The first-order chi connectivity index (χ1) is 17.5. The number of rotatable bonds is 5. The highest BCUT2D eigenvalue weighted by Crippen LogP contribution is 2.36. The van der Waals surface area contributed by atoms with Crippen LogP contribution in [0.3, 0.4) is 0 Å². The molecule has 0 bridgehead atoms. The Morgan fingerprint density at radius 2 is 1.89 bits per heavy atom. The van der Waals surface area contributed by atoms with Crippen molar-refractivity contribution in [1.82, 2.24) is 14.7 Å². The summed E-state index contributed by atoms with van der Waals surface area (Å²) in [6, 6.07) is 16.0. The molecule has 36 heavy (non-hydrogen) atoms. The van der Waals surface area contributed by atoms with E-state index >= 15 is 0 Å². The molecule has 2 aromatic carbocycles. The number of carbonyl (C=O) groups excluding carboxylic acids is 3. The lowest BCUT2D eigenvalue weighted by Gasteiger charge is -2.43. The van der Waals surface area contributed by atoms with Crippen LogP contribution >= 0.6 is 0 Å². The molecule has 1 spiro atoms. The Bertz CT molecular complexity index is 1370. The molecule has 9 heteroatoms. The van der Waals surface area contributed by atoms with Gasteiger partial charge < -0.3 is 19.0 Å². The molecule has 0 aliphatic carbocycles. The first-order valence-electron chi connectivity index (χ1n) is 12.0. The summed E-state index contributed by atoms with van der Waals surface area (Å²) in [4.78, 5) is 46.6. The molecule has 0 radical (unpaired) electrons. The van der Waals surface area contributed by atoms with Gasteiger partial charge >= 0.3 is 6.09 Å². The molecule has 0 unspecified atom stereocenters. The minimum absolute atomic E-state index is 0.100. The fourth-order valence-electron chi connectivity index (χ4n) is 5.42. The minimum atomic E-state index is -0.975. The number of furan rings is 1. The normalized spacial score (nSPS) is 20.7. The predicted octanol–water partition coefficient (Wildman–Crippen LogP) is 2.99. The summed E-state index contributed by atoms with van der Waals surface area (Å²) >= 11 is 0. The fourth-order valence-corrected chi connectivity index (χ4v) is 5.42. The zero-order valence-corrected chi connectivity index (χ0v) is 19.9. The number of likely N-dealkylation sites (tertiary alicyclic amines) is 2. The average molecular weight is 487 g/mol. The summed E-state index contributed by atoms with van der Waals surface area (Å²) in [5, 5.41) is 1.04. The number of nitrogens with zero attached hydrogens (tertiary/aromatic N) is 4. The Balaban J connectivity index is 1.29. The Hall–Kier alpha value is -4.14. The molecule has 9 nitrogen and oxygen atoms in total. The monoisotopic (exact) mass is 486 g/mol. The Kier molecular flexibility index (Phi) is 5.28. The van der Waals surface area contributed by atoms with Crippen LogP contribution in [0.2, 0.25) is 0 Å². The molecule has 2 saturated heterocycles. The van der Waals surface area contributed by atoms with Gasteiger partial charge in [0.1, 0.15) is 11.4 Å². The number of methoxy groups -OCH3 is 1. The molecule has 3 aliphatic rings. The van der Waals surface area contributed by atoms with Crippen molar-refractivity contribution in [2.75, 3.05) is 39.8 Å². The van der Waals surface area contributed by atoms with Gasteiger partial charge in [0.05, 0.1) is 26.5 Å². The molecular weight excluding hydrogens is 460 g/mol. The molecule has 184 valence electrons. The van der Waals surface area contributed by atoms with Crippen LogP contribution in [0, 0.1) is 5.92 Å². The Morgan fingerprint density at radius 3 is 2.61 bits per heavy atom. The molecule has 1 aromatic heterocycles. The van der Waals surface area contributed by atoms with Crippen molar-refractivity contribution in [3.63, 3.8) is 0 Å². The van der Waals surface area contributed by atoms with Gasteiger partial charge in [-0.3, -0.25) is 14.5 Å². The largest absolute Gasteiger partial charge is 0.464 e. The lowest BCUT2D eigenvalue weighted by atomic mass is 9.90. The third kappa shape index (κ3) is 3.62. The molecule has 0 saturated carbocycles. The van der Waals surface area contributed by atoms with Crippen molar-refractivity contribution < 1.29 is 23.5 Å². The van der Waals surface area contributed by atoms with Crippen LogP contribution in [0.4, 0.5) is 4.79 Å². The smallest absolute Gasteiger partial charge is 0.409 e. The number of amidine groups is 1. The molecule has 4 heterocycles. The maximum Gasteiger partial charge on any atom is 0.409 e. The number of hydrogen-bond donors (Lipinski definition) is 0. The number of benzene rings is 2. The summed E-state index contributed by atoms with van der Waals surface area (Å²) in [6.07, 6.45) is 2.92. The van der Waals surface area contributed by atoms with Gasteiger partial charge in [-0.15, -0.1) is 0 Å². The second-order valence-electron chi connectivity index (χ2n) is 9.71. The van der Waals surface area contributed by atoms with Crippen LogP contribution in [0.5, 0.6) is 0 Å². The lowest BCUT2D eigenvalue weighted by Crippen LogP contribution is -2.66. The van der Waals surface area contributed by atoms with E-state index in [2.05, 4.69) is 6.07 Å². The molecule has 3 aromatic rings. The van der Waals surface area contributed by atoms with Gasteiger partial charge in [-0.1, -0.05) is 30.3 Å². The second-order valence-corrected chi connectivity index (χ2v) is 9.71. The lowest BCUT2D eigenvalue weighted by molar-refractivity contribution is -0.136. The standard InChI is InChI=1S/C27H26N4O5/c1-35-26(34)30-15-27(16-30)25(33)31(14-18-8-10-29(13-18)17-32)24(28-27)20-4-2-19(3-5-20)21-6-7-23-22(12-21)9-11-36-23/h2-7,9,11-12,17-18H,8,10,13-16H2,1H3/t18-/m1/s1. The summed E-state index contributed by atoms with van der Waals surface area (Å²) in [6.45, 7) is 2.21.